The van der Waals surface area contributed by atoms with E-state index in [1.165, 1.54) is 12.0 Å². The molecule has 0 saturated carbocycles. The maximum absolute atomic E-state index is 5.99. The van der Waals surface area contributed by atoms with Crippen molar-refractivity contribution in [2.24, 2.45) is 11.7 Å². The van der Waals surface area contributed by atoms with E-state index in [1.54, 1.807) is 0 Å². The van der Waals surface area contributed by atoms with E-state index in [0.717, 1.165) is 18.0 Å². The largest absolute Gasteiger partial charge is 0.330 e. The number of benzene rings is 1. The molecule has 0 saturated heterocycles. The maximum Gasteiger partial charge on any atom is 0.0408 e. The van der Waals surface area contributed by atoms with Crippen molar-refractivity contribution < 1.29 is 0 Å². The summed E-state index contributed by atoms with van der Waals surface area (Å²) in [5.41, 5.74) is 6.97. The molecule has 0 aromatic heterocycles. The number of hydrogen-bond donors (Lipinski definition) is 1. The predicted octanol–water partition coefficient (Wildman–Crippen LogP) is 3.82. The van der Waals surface area contributed by atoms with Crippen molar-refractivity contribution in [3.8, 4) is 0 Å². The molecule has 1 nitrogen and oxygen atoms in total. The Hall–Kier alpha value is -0.530. The second-order valence-corrected chi connectivity index (χ2v) is 4.90. The van der Waals surface area contributed by atoms with E-state index < -0.39 is 0 Å². The van der Waals surface area contributed by atoms with Gasteiger partial charge in [-0.05, 0) is 48.9 Å². The Labute approximate surface area is 97.6 Å². The molecule has 1 atom stereocenters. The fourth-order valence-corrected chi connectivity index (χ4v) is 2.15. The summed E-state index contributed by atoms with van der Waals surface area (Å²) in [6, 6.07) is 8.14. The lowest BCUT2D eigenvalue weighted by Crippen LogP contribution is -2.09. The molecular formula is C13H20ClN. The Bertz CT molecular complexity index is 296. The van der Waals surface area contributed by atoms with E-state index >= 15 is 0 Å². The van der Waals surface area contributed by atoms with Gasteiger partial charge in [0.15, 0.2) is 0 Å². The molecule has 2 heteroatoms. The maximum atomic E-state index is 5.99. The average Bonchev–Trinajstić information content (AvgIpc) is 2.16. The van der Waals surface area contributed by atoms with Gasteiger partial charge in [0, 0.05) is 5.02 Å². The van der Waals surface area contributed by atoms with Crippen LogP contribution in [0.5, 0.6) is 0 Å². The molecule has 0 heterocycles. The minimum absolute atomic E-state index is 0.550. The molecule has 0 aliphatic rings. The molecule has 0 fully saturated rings. The van der Waals surface area contributed by atoms with Crippen LogP contribution >= 0.6 is 11.6 Å². The van der Waals surface area contributed by atoms with Crippen molar-refractivity contribution in [1.82, 2.24) is 0 Å². The molecular weight excluding hydrogens is 206 g/mol. The fraction of sp³-hybridized carbons (Fsp3) is 0.538. The Morgan fingerprint density at radius 1 is 1.33 bits per heavy atom. The van der Waals surface area contributed by atoms with Crippen LogP contribution in [0, 0.1) is 5.92 Å². The molecule has 0 radical (unpaired) electrons. The van der Waals surface area contributed by atoms with Gasteiger partial charge in [0.2, 0.25) is 0 Å². The SMILES string of the molecule is CC(C)CC(CCN)c1cccc(Cl)c1. The number of hydrogen-bond acceptors (Lipinski definition) is 1. The predicted molar refractivity (Wildman–Crippen MR) is 67.3 cm³/mol. The molecule has 0 amide bonds. The van der Waals surface area contributed by atoms with Gasteiger partial charge in [-0.15, -0.1) is 0 Å². The van der Waals surface area contributed by atoms with Crippen molar-refractivity contribution in [2.75, 3.05) is 6.54 Å². The third-order valence-corrected chi connectivity index (χ3v) is 2.83. The highest BCUT2D eigenvalue weighted by Gasteiger charge is 2.12. The fourth-order valence-electron chi connectivity index (χ4n) is 1.95. The van der Waals surface area contributed by atoms with Crippen molar-refractivity contribution in [2.45, 2.75) is 32.6 Å². The van der Waals surface area contributed by atoms with Crippen molar-refractivity contribution in [3.05, 3.63) is 34.9 Å². The second-order valence-electron chi connectivity index (χ2n) is 4.46. The van der Waals surface area contributed by atoms with Crippen molar-refractivity contribution >= 4 is 11.6 Å². The normalized spacial score (nSPS) is 13.1. The van der Waals surface area contributed by atoms with Crippen LogP contribution in [0.1, 0.15) is 38.2 Å². The van der Waals surface area contributed by atoms with Gasteiger partial charge in [-0.25, -0.2) is 0 Å². The first kappa shape index (κ1) is 12.5. The van der Waals surface area contributed by atoms with Gasteiger partial charge in [-0.2, -0.15) is 0 Å². The smallest absolute Gasteiger partial charge is 0.0408 e. The first-order valence-corrected chi connectivity index (χ1v) is 5.96. The standard InChI is InChI=1S/C13H20ClN/c1-10(2)8-12(6-7-15)11-4-3-5-13(14)9-11/h3-5,9-10,12H,6-8,15H2,1-2H3. The molecule has 1 unspecified atom stereocenters. The highest BCUT2D eigenvalue weighted by molar-refractivity contribution is 6.30. The van der Waals surface area contributed by atoms with Gasteiger partial charge in [-0.3, -0.25) is 0 Å². The molecule has 0 aliphatic heterocycles. The summed E-state index contributed by atoms with van der Waals surface area (Å²) in [5, 5.41) is 0.818. The zero-order valence-electron chi connectivity index (χ0n) is 9.54. The molecule has 0 aliphatic carbocycles. The van der Waals surface area contributed by atoms with Crippen LogP contribution in [-0.4, -0.2) is 6.54 Å². The molecule has 1 aromatic rings. The summed E-state index contributed by atoms with van der Waals surface area (Å²) in [5.74, 6) is 1.24. The van der Waals surface area contributed by atoms with Crippen molar-refractivity contribution in [3.63, 3.8) is 0 Å². The summed E-state index contributed by atoms with van der Waals surface area (Å²) >= 11 is 5.99. The quantitative estimate of drug-likeness (QED) is 0.810. The van der Waals surface area contributed by atoms with Gasteiger partial charge in [0.05, 0.1) is 0 Å². The van der Waals surface area contributed by atoms with E-state index in [1.807, 2.05) is 12.1 Å². The lowest BCUT2D eigenvalue weighted by Gasteiger charge is -2.18. The monoisotopic (exact) mass is 225 g/mol. The lowest BCUT2D eigenvalue weighted by molar-refractivity contribution is 0.480. The minimum atomic E-state index is 0.550. The lowest BCUT2D eigenvalue weighted by atomic mass is 9.88. The number of nitrogens with two attached hydrogens (primary N) is 1. The van der Waals surface area contributed by atoms with Crippen LogP contribution in [0.4, 0.5) is 0 Å². The van der Waals surface area contributed by atoms with Crippen molar-refractivity contribution in [1.29, 1.82) is 0 Å². The number of halogens is 1. The zero-order valence-corrected chi connectivity index (χ0v) is 10.3. The van der Waals surface area contributed by atoms with Crippen LogP contribution in [-0.2, 0) is 0 Å². The highest BCUT2D eigenvalue weighted by atomic mass is 35.5. The molecule has 0 bridgehead atoms. The molecule has 2 N–H and O–H groups in total. The van der Waals surface area contributed by atoms with Crippen LogP contribution in [0.25, 0.3) is 0 Å². The third kappa shape index (κ3) is 4.23. The van der Waals surface area contributed by atoms with Crippen LogP contribution in [0.2, 0.25) is 5.02 Å². The summed E-state index contributed by atoms with van der Waals surface area (Å²) in [6.45, 7) is 5.23. The Morgan fingerprint density at radius 3 is 2.60 bits per heavy atom. The third-order valence-electron chi connectivity index (χ3n) is 2.59. The summed E-state index contributed by atoms with van der Waals surface area (Å²) < 4.78 is 0. The summed E-state index contributed by atoms with van der Waals surface area (Å²) in [7, 11) is 0. The Kier molecular flexibility index (Phi) is 5.13. The van der Waals surface area contributed by atoms with E-state index in [4.69, 9.17) is 17.3 Å². The topological polar surface area (TPSA) is 26.0 Å². The minimum Gasteiger partial charge on any atom is -0.330 e. The first-order valence-electron chi connectivity index (χ1n) is 5.59. The first-order chi connectivity index (χ1) is 7.13. The molecule has 84 valence electrons. The van der Waals surface area contributed by atoms with Crippen LogP contribution in [0.15, 0.2) is 24.3 Å². The molecule has 0 spiro atoms. The van der Waals surface area contributed by atoms with Gasteiger partial charge in [-0.1, -0.05) is 37.6 Å². The average molecular weight is 226 g/mol. The van der Waals surface area contributed by atoms with Crippen LogP contribution < -0.4 is 5.73 Å². The van der Waals surface area contributed by atoms with Gasteiger partial charge < -0.3 is 5.73 Å². The molecule has 1 rings (SSSR count). The second kappa shape index (κ2) is 6.14. The van der Waals surface area contributed by atoms with E-state index in [2.05, 4.69) is 26.0 Å². The van der Waals surface area contributed by atoms with E-state index in [-0.39, 0.29) is 0 Å². The van der Waals surface area contributed by atoms with E-state index in [0.29, 0.717) is 11.8 Å². The van der Waals surface area contributed by atoms with Crippen LogP contribution in [0.3, 0.4) is 0 Å². The zero-order chi connectivity index (χ0) is 11.3. The summed E-state index contributed by atoms with van der Waals surface area (Å²) in [4.78, 5) is 0. The van der Waals surface area contributed by atoms with Gasteiger partial charge in [0.1, 0.15) is 0 Å². The van der Waals surface area contributed by atoms with E-state index in [9.17, 15) is 0 Å². The molecule has 1 aromatic carbocycles. The number of rotatable bonds is 5. The molecule has 15 heavy (non-hydrogen) atoms. The Morgan fingerprint density at radius 2 is 2.07 bits per heavy atom. The highest BCUT2D eigenvalue weighted by Crippen LogP contribution is 2.28. The van der Waals surface area contributed by atoms with Gasteiger partial charge in [0.25, 0.3) is 0 Å². The Balaban J connectivity index is 2.78. The van der Waals surface area contributed by atoms with Gasteiger partial charge >= 0.3 is 0 Å². The summed E-state index contributed by atoms with van der Waals surface area (Å²) in [6.07, 6.45) is 2.22.